The number of halogens is 3. The molecule has 0 saturated carbocycles. The average Bonchev–Trinajstić information content (AvgIpc) is 2.47. The van der Waals surface area contributed by atoms with Crippen molar-refractivity contribution in [3.8, 4) is 11.5 Å². The van der Waals surface area contributed by atoms with Gasteiger partial charge in [-0.3, -0.25) is 5.41 Å². The van der Waals surface area contributed by atoms with Gasteiger partial charge in [-0.1, -0.05) is 36.4 Å². The van der Waals surface area contributed by atoms with E-state index >= 15 is 0 Å². The van der Waals surface area contributed by atoms with Crippen LogP contribution in [0.2, 0.25) is 0 Å². The first kappa shape index (κ1) is 16.5. The minimum absolute atomic E-state index is 0.0208. The second-order valence-corrected chi connectivity index (χ2v) is 6.43. The molecular formula is C14H11ClF2NO3P. The summed E-state index contributed by atoms with van der Waals surface area (Å²) in [4.78, 5) is 0. The Bertz CT molecular complexity index is 647. The van der Waals surface area contributed by atoms with Crippen LogP contribution in [0.15, 0.2) is 60.7 Å². The molecule has 4 nitrogen and oxygen atoms in total. The lowest BCUT2D eigenvalue weighted by Gasteiger charge is -2.22. The predicted molar refractivity (Wildman–Crippen MR) is 80.3 cm³/mol. The van der Waals surface area contributed by atoms with Gasteiger partial charge in [-0.05, 0) is 35.9 Å². The zero-order valence-electron chi connectivity index (χ0n) is 11.1. The summed E-state index contributed by atoms with van der Waals surface area (Å²) in [5, 5.41) is 3.24. The van der Waals surface area contributed by atoms with E-state index in [1.54, 1.807) is 36.4 Å². The molecule has 0 amide bonds. The molecule has 0 bridgehead atoms. The van der Waals surface area contributed by atoms with Crippen LogP contribution in [-0.4, -0.2) is 10.8 Å². The molecule has 0 aromatic heterocycles. The van der Waals surface area contributed by atoms with Crippen molar-refractivity contribution in [1.82, 2.24) is 0 Å². The number of hydrogen-bond donors (Lipinski definition) is 1. The summed E-state index contributed by atoms with van der Waals surface area (Å²) in [5.74, 6) is 0.0415. The van der Waals surface area contributed by atoms with Crippen molar-refractivity contribution in [3.63, 3.8) is 0 Å². The Balaban J connectivity index is 2.36. The molecule has 2 aromatic carbocycles. The molecule has 22 heavy (non-hydrogen) atoms. The van der Waals surface area contributed by atoms with E-state index in [4.69, 9.17) is 26.1 Å². The molecule has 0 unspecified atom stereocenters. The molecule has 0 fully saturated rings. The second kappa shape index (κ2) is 6.46. The minimum Gasteiger partial charge on any atom is -0.412 e. The Morgan fingerprint density at radius 1 is 0.955 bits per heavy atom. The Morgan fingerprint density at radius 2 is 1.32 bits per heavy atom. The second-order valence-electron chi connectivity index (χ2n) is 4.15. The molecule has 2 aromatic rings. The van der Waals surface area contributed by atoms with E-state index in [1.807, 2.05) is 0 Å². The van der Waals surface area contributed by atoms with Crippen molar-refractivity contribution in [2.45, 2.75) is 5.38 Å². The Kier molecular flexibility index (Phi) is 4.84. The molecule has 0 heterocycles. The number of rotatable bonds is 6. The fourth-order valence-corrected chi connectivity index (χ4v) is 3.14. The van der Waals surface area contributed by atoms with Crippen molar-refractivity contribution in [3.05, 3.63) is 60.7 Å². The fraction of sp³-hybridized carbons (Fsp3) is 0.0714. The van der Waals surface area contributed by atoms with Crippen molar-refractivity contribution in [2.24, 2.45) is 0 Å². The van der Waals surface area contributed by atoms with E-state index in [0.29, 0.717) is 0 Å². The first-order valence-electron chi connectivity index (χ1n) is 6.07. The lowest BCUT2D eigenvalue weighted by Crippen LogP contribution is -2.25. The van der Waals surface area contributed by atoms with Crippen LogP contribution in [-0.2, 0) is 4.57 Å². The molecular weight excluding hydrogens is 335 g/mol. The summed E-state index contributed by atoms with van der Waals surface area (Å²) in [6.45, 7) is 0. The van der Waals surface area contributed by atoms with E-state index < -0.39 is 18.4 Å². The van der Waals surface area contributed by atoms with Crippen LogP contribution in [0, 0.1) is 5.41 Å². The van der Waals surface area contributed by atoms with Crippen LogP contribution in [0.1, 0.15) is 0 Å². The Labute approximate surface area is 130 Å². The van der Waals surface area contributed by atoms with Crippen molar-refractivity contribution < 1.29 is 22.4 Å². The highest BCUT2D eigenvalue weighted by Gasteiger charge is 2.49. The Morgan fingerprint density at radius 3 is 1.64 bits per heavy atom. The summed E-state index contributed by atoms with van der Waals surface area (Å²) >= 11 is 4.81. The van der Waals surface area contributed by atoms with Crippen molar-refractivity contribution in [2.75, 3.05) is 0 Å². The lowest BCUT2D eigenvalue weighted by atomic mass is 10.3. The maximum Gasteiger partial charge on any atom is 0.484 e. The van der Waals surface area contributed by atoms with Gasteiger partial charge in [0.05, 0.1) is 0 Å². The maximum atomic E-state index is 13.2. The zero-order valence-corrected chi connectivity index (χ0v) is 12.7. The zero-order chi connectivity index (χ0) is 16.2. The topological polar surface area (TPSA) is 59.4 Å². The molecule has 1 N–H and O–H groups in total. The van der Waals surface area contributed by atoms with Crippen molar-refractivity contribution >= 4 is 24.6 Å². The van der Waals surface area contributed by atoms with E-state index in [1.165, 1.54) is 24.3 Å². The van der Waals surface area contributed by atoms with Crippen LogP contribution in [0.4, 0.5) is 8.78 Å². The van der Waals surface area contributed by atoms with Crippen LogP contribution in [0.25, 0.3) is 0 Å². The van der Waals surface area contributed by atoms with Gasteiger partial charge in [-0.2, -0.15) is 8.78 Å². The molecule has 8 heteroatoms. The molecule has 0 aliphatic rings. The highest BCUT2D eigenvalue weighted by molar-refractivity contribution is 7.73. The third-order valence-corrected chi connectivity index (χ3v) is 4.53. The maximum absolute atomic E-state index is 13.2. The monoisotopic (exact) mass is 345 g/mol. The summed E-state index contributed by atoms with van der Waals surface area (Å²) in [7, 11) is -4.67. The van der Waals surface area contributed by atoms with Gasteiger partial charge in [0.1, 0.15) is 11.5 Å². The van der Waals surface area contributed by atoms with Gasteiger partial charge < -0.3 is 9.05 Å². The molecule has 0 aliphatic carbocycles. The Hall–Kier alpha value is -1.91. The van der Waals surface area contributed by atoms with E-state index in [9.17, 15) is 13.3 Å². The third kappa shape index (κ3) is 4.06. The molecule has 2 rings (SSSR count). The standard InChI is InChI=1S/C14H11ClF2NO3P/c15-14(16,17)13(18)22(19,20-11-7-3-1-4-8-11)21-12-9-5-2-6-10-12/h1-10,18H. The van der Waals surface area contributed by atoms with E-state index in [2.05, 4.69) is 0 Å². The van der Waals surface area contributed by atoms with Crippen LogP contribution in [0.5, 0.6) is 11.5 Å². The van der Waals surface area contributed by atoms with Gasteiger partial charge in [0.25, 0.3) is 0 Å². The molecule has 0 atom stereocenters. The summed E-state index contributed by atoms with van der Waals surface area (Å²) in [6.07, 6.45) is 0. The van der Waals surface area contributed by atoms with E-state index in [-0.39, 0.29) is 11.5 Å². The molecule has 0 spiro atoms. The molecule has 0 radical (unpaired) electrons. The van der Waals surface area contributed by atoms with Gasteiger partial charge in [0, 0.05) is 0 Å². The van der Waals surface area contributed by atoms with Crippen LogP contribution >= 0.6 is 19.2 Å². The number of benzene rings is 2. The lowest BCUT2D eigenvalue weighted by molar-refractivity contribution is 0.175. The van der Waals surface area contributed by atoms with Gasteiger partial charge in [-0.25, -0.2) is 4.57 Å². The van der Waals surface area contributed by atoms with E-state index in [0.717, 1.165) is 0 Å². The largest absolute Gasteiger partial charge is 0.484 e. The van der Waals surface area contributed by atoms with Crippen LogP contribution < -0.4 is 9.05 Å². The first-order valence-corrected chi connectivity index (χ1v) is 7.99. The van der Waals surface area contributed by atoms with Gasteiger partial charge in [-0.15, -0.1) is 0 Å². The molecule has 0 saturated heterocycles. The fourth-order valence-electron chi connectivity index (χ4n) is 1.51. The number of nitrogens with one attached hydrogen (secondary N) is 1. The van der Waals surface area contributed by atoms with Crippen LogP contribution in [0.3, 0.4) is 0 Å². The van der Waals surface area contributed by atoms with Gasteiger partial charge in [0.15, 0.2) is 0 Å². The quantitative estimate of drug-likeness (QED) is 0.447. The SMILES string of the molecule is N=C(C(F)(F)Cl)P(=O)(Oc1ccccc1)Oc1ccccc1. The highest BCUT2D eigenvalue weighted by Crippen LogP contribution is 2.53. The highest BCUT2D eigenvalue weighted by atomic mass is 35.5. The number of para-hydroxylation sites is 2. The minimum atomic E-state index is -4.67. The normalized spacial score (nSPS) is 11.8. The molecule has 0 aliphatic heterocycles. The number of hydrogen-bond acceptors (Lipinski definition) is 4. The smallest absolute Gasteiger partial charge is 0.412 e. The first-order chi connectivity index (χ1) is 10.3. The van der Waals surface area contributed by atoms with Crippen molar-refractivity contribution in [1.29, 1.82) is 5.41 Å². The summed E-state index contributed by atoms with van der Waals surface area (Å²) < 4.78 is 49.2. The summed E-state index contributed by atoms with van der Waals surface area (Å²) in [6, 6.07) is 15.2. The third-order valence-electron chi connectivity index (χ3n) is 2.48. The number of alkyl halides is 3. The summed E-state index contributed by atoms with van der Waals surface area (Å²) in [5.41, 5.74) is -1.63. The van der Waals surface area contributed by atoms with Gasteiger partial charge >= 0.3 is 13.0 Å². The molecule has 116 valence electrons. The predicted octanol–water partition coefficient (Wildman–Crippen LogP) is 5.15. The average molecular weight is 346 g/mol. The van der Waals surface area contributed by atoms with Gasteiger partial charge in [0.2, 0.25) is 5.45 Å².